The number of carbonyl (C=O) groups excluding carboxylic acids is 2. The average Bonchev–Trinajstić information content (AvgIpc) is 2.79. The summed E-state index contributed by atoms with van der Waals surface area (Å²) >= 11 is 0. The van der Waals surface area contributed by atoms with Crippen LogP contribution in [0.3, 0.4) is 0 Å². The van der Waals surface area contributed by atoms with Gasteiger partial charge in [0.15, 0.2) is 0 Å². The third kappa shape index (κ3) is 5.66. The Labute approximate surface area is 189 Å². The third-order valence-electron chi connectivity index (χ3n) is 5.59. The zero-order valence-corrected chi connectivity index (χ0v) is 19.3. The second-order valence-corrected chi connectivity index (χ2v) is 9.88. The summed E-state index contributed by atoms with van der Waals surface area (Å²) < 4.78 is 32.1. The summed E-state index contributed by atoms with van der Waals surface area (Å²) in [5.41, 5.74) is 1.59. The molecule has 3 rings (SSSR count). The number of ether oxygens (including phenoxy) is 1. The average molecular weight is 460 g/mol. The van der Waals surface area contributed by atoms with Gasteiger partial charge in [-0.3, -0.25) is 9.59 Å². The summed E-state index contributed by atoms with van der Waals surface area (Å²) in [7, 11) is -2.01. The first-order valence-electron chi connectivity index (χ1n) is 10.5. The maximum Gasteiger partial charge on any atom is 0.246 e. The van der Waals surface area contributed by atoms with E-state index in [1.807, 2.05) is 6.92 Å². The first-order valence-corrected chi connectivity index (χ1v) is 12.0. The second kappa shape index (κ2) is 10.1. The highest BCUT2D eigenvalue weighted by atomic mass is 32.2. The number of hydrogen-bond donors (Lipinski definition) is 2. The Kier molecular flexibility index (Phi) is 7.52. The van der Waals surface area contributed by atoms with Gasteiger partial charge in [-0.25, -0.2) is 8.42 Å². The number of nitrogens with zero attached hydrogens (tertiary/aromatic N) is 1. The van der Waals surface area contributed by atoms with Crippen molar-refractivity contribution in [2.24, 2.45) is 5.92 Å². The maximum absolute atomic E-state index is 12.8. The van der Waals surface area contributed by atoms with Crippen molar-refractivity contribution in [3.05, 3.63) is 54.1 Å². The number of piperidine rings is 1. The van der Waals surface area contributed by atoms with Crippen LogP contribution in [0.25, 0.3) is 0 Å². The molecule has 1 unspecified atom stereocenters. The van der Waals surface area contributed by atoms with Crippen LogP contribution >= 0.6 is 0 Å². The lowest BCUT2D eigenvalue weighted by Crippen LogP contribution is -2.47. The van der Waals surface area contributed by atoms with Crippen molar-refractivity contribution in [3.63, 3.8) is 0 Å². The van der Waals surface area contributed by atoms with E-state index in [0.717, 1.165) is 5.56 Å². The highest BCUT2D eigenvalue weighted by molar-refractivity contribution is 7.89. The van der Waals surface area contributed by atoms with Crippen molar-refractivity contribution in [2.75, 3.05) is 25.5 Å². The minimum atomic E-state index is -3.58. The first kappa shape index (κ1) is 23.7. The van der Waals surface area contributed by atoms with E-state index in [1.165, 1.54) is 4.31 Å². The number of anilines is 1. The molecule has 32 heavy (non-hydrogen) atoms. The van der Waals surface area contributed by atoms with E-state index in [4.69, 9.17) is 4.74 Å². The van der Waals surface area contributed by atoms with Crippen molar-refractivity contribution in [1.29, 1.82) is 0 Å². The molecule has 9 heteroatoms. The standard InChI is InChI=1S/C23H29N3O5S/c1-16-4-10-21(11-5-16)32(29,30)26-14-12-18(13-15-26)23(28)24-17(2)22(27)25-19-6-8-20(31-3)9-7-19/h4-11,17-18H,12-15H2,1-3H3,(H,24,28)(H,25,27). The van der Waals surface area contributed by atoms with Gasteiger partial charge < -0.3 is 15.4 Å². The molecule has 0 spiro atoms. The summed E-state index contributed by atoms with van der Waals surface area (Å²) in [6, 6.07) is 12.9. The first-order chi connectivity index (χ1) is 15.2. The Hall–Kier alpha value is -2.91. The van der Waals surface area contributed by atoms with E-state index in [1.54, 1.807) is 62.6 Å². The van der Waals surface area contributed by atoms with E-state index < -0.39 is 16.1 Å². The molecule has 2 aromatic rings. The molecule has 8 nitrogen and oxygen atoms in total. The highest BCUT2D eigenvalue weighted by Gasteiger charge is 2.32. The minimum Gasteiger partial charge on any atom is -0.497 e. The monoisotopic (exact) mass is 459 g/mol. The van der Waals surface area contributed by atoms with Gasteiger partial charge in [0, 0.05) is 24.7 Å². The van der Waals surface area contributed by atoms with Gasteiger partial charge in [-0.1, -0.05) is 17.7 Å². The van der Waals surface area contributed by atoms with E-state index in [2.05, 4.69) is 10.6 Å². The predicted molar refractivity (Wildman–Crippen MR) is 122 cm³/mol. The zero-order chi connectivity index (χ0) is 23.3. The summed E-state index contributed by atoms with van der Waals surface area (Å²) in [6.45, 7) is 4.05. The fourth-order valence-corrected chi connectivity index (χ4v) is 5.01. The van der Waals surface area contributed by atoms with Crippen LogP contribution in [-0.4, -0.2) is 50.8 Å². The normalized spacial score (nSPS) is 16.2. The summed E-state index contributed by atoms with van der Waals surface area (Å²) in [6.07, 6.45) is 0.813. The lowest BCUT2D eigenvalue weighted by atomic mass is 9.97. The fraction of sp³-hybridized carbons (Fsp3) is 0.391. The fourth-order valence-electron chi connectivity index (χ4n) is 3.54. The number of aryl methyl sites for hydroxylation is 1. The lowest BCUT2D eigenvalue weighted by Gasteiger charge is -2.31. The largest absolute Gasteiger partial charge is 0.497 e. The van der Waals surface area contributed by atoms with E-state index >= 15 is 0 Å². The Morgan fingerprint density at radius 3 is 2.19 bits per heavy atom. The SMILES string of the molecule is COc1ccc(NC(=O)C(C)NC(=O)C2CCN(S(=O)(=O)c3ccc(C)cc3)CC2)cc1. The van der Waals surface area contributed by atoms with Crippen LogP contribution in [0.2, 0.25) is 0 Å². The van der Waals surface area contributed by atoms with Gasteiger partial charge in [-0.15, -0.1) is 0 Å². The van der Waals surface area contributed by atoms with Crippen molar-refractivity contribution in [2.45, 2.75) is 37.6 Å². The van der Waals surface area contributed by atoms with Gasteiger partial charge in [-0.2, -0.15) is 4.31 Å². The molecule has 0 aromatic heterocycles. The number of sulfonamides is 1. The smallest absolute Gasteiger partial charge is 0.246 e. The van der Waals surface area contributed by atoms with Gasteiger partial charge >= 0.3 is 0 Å². The number of nitrogens with one attached hydrogen (secondary N) is 2. The van der Waals surface area contributed by atoms with E-state index in [0.29, 0.717) is 24.3 Å². The summed E-state index contributed by atoms with van der Waals surface area (Å²) in [5, 5.41) is 5.49. The van der Waals surface area contributed by atoms with Crippen molar-refractivity contribution in [3.8, 4) is 5.75 Å². The van der Waals surface area contributed by atoms with Crippen LogP contribution in [0.5, 0.6) is 5.75 Å². The number of carbonyl (C=O) groups is 2. The van der Waals surface area contributed by atoms with Crippen LogP contribution in [-0.2, 0) is 19.6 Å². The third-order valence-corrected chi connectivity index (χ3v) is 7.51. The van der Waals surface area contributed by atoms with Crippen LogP contribution < -0.4 is 15.4 Å². The van der Waals surface area contributed by atoms with E-state index in [-0.39, 0.29) is 35.7 Å². The molecule has 1 fully saturated rings. The molecule has 172 valence electrons. The zero-order valence-electron chi connectivity index (χ0n) is 18.5. The minimum absolute atomic E-state index is 0.241. The molecule has 0 aliphatic carbocycles. The van der Waals surface area contributed by atoms with Crippen molar-refractivity contribution < 1.29 is 22.7 Å². The second-order valence-electron chi connectivity index (χ2n) is 7.94. The number of rotatable bonds is 7. The van der Waals surface area contributed by atoms with Crippen LogP contribution in [0.15, 0.2) is 53.4 Å². The van der Waals surface area contributed by atoms with Gasteiger partial charge in [0.2, 0.25) is 21.8 Å². The Bertz CT molecular complexity index is 1040. The molecule has 2 amide bonds. The molecule has 1 aliphatic heterocycles. The molecule has 0 bridgehead atoms. The molecular formula is C23H29N3O5S. The van der Waals surface area contributed by atoms with Crippen LogP contribution in [0.1, 0.15) is 25.3 Å². The molecule has 1 aliphatic rings. The molecule has 1 atom stereocenters. The van der Waals surface area contributed by atoms with Gasteiger partial charge in [0.1, 0.15) is 11.8 Å². The lowest BCUT2D eigenvalue weighted by molar-refractivity contribution is -0.129. The number of amides is 2. The Morgan fingerprint density at radius 2 is 1.62 bits per heavy atom. The molecular weight excluding hydrogens is 430 g/mol. The quantitative estimate of drug-likeness (QED) is 0.662. The molecule has 2 aromatic carbocycles. The van der Waals surface area contributed by atoms with Crippen LogP contribution in [0.4, 0.5) is 5.69 Å². The predicted octanol–water partition coefficient (Wildman–Crippen LogP) is 2.55. The molecule has 0 radical (unpaired) electrons. The van der Waals surface area contributed by atoms with Crippen molar-refractivity contribution in [1.82, 2.24) is 9.62 Å². The van der Waals surface area contributed by atoms with E-state index in [9.17, 15) is 18.0 Å². The highest BCUT2D eigenvalue weighted by Crippen LogP contribution is 2.24. The van der Waals surface area contributed by atoms with Crippen molar-refractivity contribution >= 4 is 27.5 Å². The Morgan fingerprint density at radius 1 is 1.03 bits per heavy atom. The molecule has 2 N–H and O–H groups in total. The maximum atomic E-state index is 12.8. The van der Waals surface area contributed by atoms with Crippen LogP contribution in [0, 0.1) is 12.8 Å². The Balaban J connectivity index is 1.51. The molecule has 1 saturated heterocycles. The number of benzene rings is 2. The molecule has 1 heterocycles. The van der Waals surface area contributed by atoms with Gasteiger partial charge in [0.05, 0.1) is 12.0 Å². The number of hydrogen-bond acceptors (Lipinski definition) is 5. The summed E-state index contributed by atoms with van der Waals surface area (Å²) in [4.78, 5) is 25.3. The topological polar surface area (TPSA) is 105 Å². The number of methoxy groups -OCH3 is 1. The van der Waals surface area contributed by atoms with Gasteiger partial charge in [0.25, 0.3) is 0 Å². The molecule has 0 saturated carbocycles. The summed E-state index contributed by atoms with van der Waals surface area (Å²) in [5.74, 6) is -0.228. The van der Waals surface area contributed by atoms with Gasteiger partial charge in [-0.05, 0) is 63.1 Å².